The van der Waals surface area contributed by atoms with E-state index in [1.165, 1.54) is 10.8 Å². The van der Waals surface area contributed by atoms with E-state index in [1.54, 1.807) is 12.2 Å². The molecule has 2 rings (SSSR count). The van der Waals surface area contributed by atoms with Crippen LogP contribution in [-0.2, 0) is 4.74 Å². The maximum atomic E-state index is 11.8. The number of aromatic nitrogens is 2. The van der Waals surface area contributed by atoms with E-state index in [0.717, 1.165) is 6.42 Å². The molecule has 2 atom stereocenters. The topological polar surface area (TPSA) is 110 Å². The molecule has 0 spiro atoms. The minimum absolute atomic E-state index is 0.0492. The van der Waals surface area contributed by atoms with E-state index in [4.69, 9.17) is 15.6 Å². The lowest BCUT2D eigenvalue weighted by Crippen LogP contribution is -2.33. The molecule has 0 aromatic carbocycles. The maximum absolute atomic E-state index is 11.8. The molecule has 1 aliphatic rings. The van der Waals surface area contributed by atoms with Crippen LogP contribution in [0.5, 0.6) is 0 Å². The van der Waals surface area contributed by atoms with E-state index in [-0.39, 0.29) is 12.7 Å². The van der Waals surface area contributed by atoms with Crippen molar-refractivity contribution in [3.8, 4) is 0 Å². The van der Waals surface area contributed by atoms with Crippen molar-refractivity contribution in [2.24, 2.45) is 5.73 Å². The zero-order valence-electron chi connectivity index (χ0n) is 11.1. The van der Waals surface area contributed by atoms with E-state index in [2.05, 4.69) is 4.98 Å². The Hall–Kier alpha value is -1.70. The van der Waals surface area contributed by atoms with Crippen LogP contribution in [0, 0.1) is 0 Å². The van der Waals surface area contributed by atoms with Gasteiger partial charge in [-0.3, -0.25) is 14.3 Å². The molecule has 0 bridgehead atoms. The fourth-order valence-corrected chi connectivity index (χ4v) is 2.28. The van der Waals surface area contributed by atoms with Gasteiger partial charge in [0.2, 0.25) is 0 Å². The number of hydrogen-bond acceptors (Lipinski definition) is 5. The minimum atomic E-state index is -0.491. The quantitative estimate of drug-likeness (QED) is 0.678. The molecule has 0 amide bonds. The lowest BCUT2D eigenvalue weighted by Gasteiger charge is -2.15. The first-order valence-electron chi connectivity index (χ1n) is 6.64. The summed E-state index contributed by atoms with van der Waals surface area (Å²) < 4.78 is 7.08. The van der Waals surface area contributed by atoms with Crippen molar-refractivity contribution in [2.75, 3.05) is 13.2 Å². The molecule has 0 saturated carbocycles. The van der Waals surface area contributed by atoms with E-state index in [1.807, 2.05) is 0 Å². The number of ether oxygens (including phenoxy) is 1. The van der Waals surface area contributed by atoms with Gasteiger partial charge in [-0.2, -0.15) is 0 Å². The second-order valence-electron chi connectivity index (χ2n) is 4.69. The Morgan fingerprint density at radius 2 is 2.30 bits per heavy atom. The predicted octanol–water partition coefficient (Wildman–Crippen LogP) is -0.432. The summed E-state index contributed by atoms with van der Waals surface area (Å²) in [6, 6.07) is 0. The highest BCUT2D eigenvalue weighted by Gasteiger charge is 2.27. The van der Waals surface area contributed by atoms with Crippen LogP contribution in [0.25, 0.3) is 6.08 Å². The van der Waals surface area contributed by atoms with Crippen molar-refractivity contribution >= 4 is 6.08 Å². The Morgan fingerprint density at radius 1 is 1.50 bits per heavy atom. The summed E-state index contributed by atoms with van der Waals surface area (Å²) in [6.45, 7) is 0.374. The summed E-state index contributed by atoms with van der Waals surface area (Å²) in [5.41, 5.74) is 4.78. The summed E-state index contributed by atoms with van der Waals surface area (Å²) >= 11 is 0. The Balaban J connectivity index is 2.26. The SMILES string of the molecule is NC/C=C/c1cn(C2CC[C@@H](CCO)O2)c(=O)[nH]c1=O. The standard InChI is InChI=1S/C13H19N3O4/c14-6-1-2-9-8-16(13(19)15-12(9)18)11-4-3-10(20-11)5-7-17/h1-2,8,10-11,17H,3-7,14H2,(H,15,18,19)/b2-1+/t10-,11?/m0/s1. The van der Waals surface area contributed by atoms with Crippen LogP contribution >= 0.6 is 0 Å². The number of aromatic amines is 1. The average molecular weight is 281 g/mol. The number of rotatable bonds is 5. The number of aliphatic hydroxyl groups is 1. The molecule has 1 fully saturated rings. The highest BCUT2D eigenvalue weighted by atomic mass is 16.5. The largest absolute Gasteiger partial charge is 0.396 e. The van der Waals surface area contributed by atoms with Crippen LogP contribution < -0.4 is 17.0 Å². The monoisotopic (exact) mass is 281 g/mol. The number of nitrogens with one attached hydrogen (secondary N) is 1. The van der Waals surface area contributed by atoms with Crippen LogP contribution in [0.15, 0.2) is 21.9 Å². The van der Waals surface area contributed by atoms with Crippen molar-refractivity contribution in [1.82, 2.24) is 9.55 Å². The van der Waals surface area contributed by atoms with Gasteiger partial charge in [0.25, 0.3) is 5.56 Å². The molecule has 20 heavy (non-hydrogen) atoms. The van der Waals surface area contributed by atoms with Crippen LogP contribution in [0.1, 0.15) is 31.1 Å². The second kappa shape index (κ2) is 6.65. The van der Waals surface area contributed by atoms with E-state index < -0.39 is 17.5 Å². The van der Waals surface area contributed by atoms with Gasteiger partial charge >= 0.3 is 5.69 Å². The third kappa shape index (κ3) is 3.24. The van der Waals surface area contributed by atoms with Crippen molar-refractivity contribution in [3.05, 3.63) is 38.7 Å². The molecule has 2 heterocycles. The van der Waals surface area contributed by atoms with Crippen LogP contribution in [-0.4, -0.2) is 33.9 Å². The molecule has 0 aliphatic carbocycles. The number of H-pyrrole nitrogens is 1. The summed E-state index contributed by atoms with van der Waals surface area (Å²) in [7, 11) is 0. The zero-order chi connectivity index (χ0) is 14.5. The highest BCUT2D eigenvalue weighted by Crippen LogP contribution is 2.28. The Bertz CT molecular complexity index is 590. The lowest BCUT2D eigenvalue weighted by atomic mass is 10.2. The fourth-order valence-electron chi connectivity index (χ4n) is 2.28. The third-order valence-electron chi connectivity index (χ3n) is 3.28. The lowest BCUT2D eigenvalue weighted by molar-refractivity contribution is -0.0103. The van der Waals surface area contributed by atoms with Gasteiger partial charge in [-0.1, -0.05) is 12.2 Å². The molecule has 0 radical (unpaired) electrons. The third-order valence-corrected chi connectivity index (χ3v) is 3.28. The highest BCUT2D eigenvalue weighted by molar-refractivity contribution is 5.46. The summed E-state index contributed by atoms with van der Waals surface area (Å²) in [4.78, 5) is 25.8. The molecule has 7 nitrogen and oxygen atoms in total. The number of nitrogens with zero attached hydrogens (tertiary/aromatic N) is 1. The Kier molecular flexibility index (Phi) is 4.89. The Morgan fingerprint density at radius 3 is 3.00 bits per heavy atom. The number of aliphatic hydroxyl groups excluding tert-OH is 1. The molecule has 7 heteroatoms. The van der Waals surface area contributed by atoms with Crippen LogP contribution in [0.2, 0.25) is 0 Å². The summed E-state index contributed by atoms with van der Waals surface area (Å²) in [6.07, 6.45) is 6.26. The van der Waals surface area contributed by atoms with Crippen LogP contribution in [0.4, 0.5) is 0 Å². The van der Waals surface area contributed by atoms with Crippen LogP contribution in [0.3, 0.4) is 0 Å². The average Bonchev–Trinajstić information content (AvgIpc) is 2.87. The first kappa shape index (κ1) is 14.7. The molecule has 1 saturated heterocycles. The van der Waals surface area contributed by atoms with Crippen molar-refractivity contribution in [3.63, 3.8) is 0 Å². The fraction of sp³-hybridized carbons (Fsp3) is 0.538. The smallest absolute Gasteiger partial charge is 0.330 e. The van der Waals surface area contributed by atoms with Crippen molar-refractivity contribution in [2.45, 2.75) is 31.6 Å². The summed E-state index contributed by atoms with van der Waals surface area (Å²) in [5, 5.41) is 8.90. The van der Waals surface area contributed by atoms with E-state index >= 15 is 0 Å². The van der Waals surface area contributed by atoms with E-state index in [9.17, 15) is 9.59 Å². The first-order valence-corrected chi connectivity index (χ1v) is 6.64. The van der Waals surface area contributed by atoms with Crippen molar-refractivity contribution < 1.29 is 9.84 Å². The molecule has 4 N–H and O–H groups in total. The molecule has 1 aromatic rings. The Labute approximate surface area is 115 Å². The minimum Gasteiger partial charge on any atom is -0.396 e. The second-order valence-corrected chi connectivity index (χ2v) is 4.69. The zero-order valence-corrected chi connectivity index (χ0v) is 11.1. The molecule has 1 unspecified atom stereocenters. The predicted molar refractivity (Wildman–Crippen MR) is 74.3 cm³/mol. The van der Waals surface area contributed by atoms with Gasteiger partial charge in [-0.25, -0.2) is 4.79 Å². The molecular formula is C13H19N3O4. The molecular weight excluding hydrogens is 262 g/mol. The molecule has 1 aliphatic heterocycles. The molecule has 110 valence electrons. The van der Waals surface area contributed by atoms with Gasteiger partial charge in [0.15, 0.2) is 0 Å². The number of hydrogen-bond donors (Lipinski definition) is 3. The van der Waals surface area contributed by atoms with Gasteiger partial charge in [-0.05, 0) is 19.3 Å². The van der Waals surface area contributed by atoms with Gasteiger partial charge < -0.3 is 15.6 Å². The number of nitrogens with two attached hydrogens (primary N) is 1. The first-order chi connectivity index (χ1) is 9.65. The van der Waals surface area contributed by atoms with E-state index in [0.29, 0.717) is 24.9 Å². The van der Waals surface area contributed by atoms with Gasteiger partial charge in [0.05, 0.1) is 11.7 Å². The summed E-state index contributed by atoms with van der Waals surface area (Å²) in [5.74, 6) is 0. The van der Waals surface area contributed by atoms with Gasteiger partial charge in [-0.15, -0.1) is 0 Å². The molecule has 1 aromatic heterocycles. The van der Waals surface area contributed by atoms with Crippen molar-refractivity contribution in [1.29, 1.82) is 0 Å². The van der Waals surface area contributed by atoms with Gasteiger partial charge in [0.1, 0.15) is 6.23 Å². The maximum Gasteiger partial charge on any atom is 0.330 e. The normalized spacial score (nSPS) is 22.7. The van der Waals surface area contributed by atoms with Gasteiger partial charge in [0, 0.05) is 19.3 Å².